The molecule has 0 aliphatic heterocycles. The molecule has 1 atom stereocenters. The first-order valence-corrected chi connectivity index (χ1v) is 8.47. The van der Waals surface area contributed by atoms with Crippen LogP contribution < -0.4 is 0 Å². The van der Waals surface area contributed by atoms with E-state index in [0.29, 0.717) is 0 Å². The van der Waals surface area contributed by atoms with E-state index in [1.165, 1.54) is 36.0 Å². The molecule has 2 rings (SSSR count). The summed E-state index contributed by atoms with van der Waals surface area (Å²) in [5, 5.41) is 5.51. The Kier molecular flexibility index (Phi) is 5.45. The molecule has 0 fully saturated rings. The molecule has 0 nitrogen and oxygen atoms in total. The third-order valence-corrected chi connectivity index (χ3v) is 4.93. The fourth-order valence-corrected chi connectivity index (χ4v) is 3.35. The fraction of sp³-hybridized carbons (Fsp3) is 0.375. The van der Waals surface area contributed by atoms with Gasteiger partial charge < -0.3 is 0 Å². The molecule has 0 aliphatic rings. The smallest absolute Gasteiger partial charge is 0.00629 e. The van der Waals surface area contributed by atoms with Gasteiger partial charge in [-0.15, -0.1) is 0 Å². The first-order valence-electron chi connectivity index (χ1n) is 6.40. The minimum atomic E-state index is 0.729. The number of thiophene rings is 1. The van der Waals surface area contributed by atoms with Crippen molar-refractivity contribution in [2.75, 3.05) is 5.33 Å². The summed E-state index contributed by atoms with van der Waals surface area (Å²) in [6.07, 6.45) is 3.64. The molecule has 18 heavy (non-hydrogen) atoms. The van der Waals surface area contributed by atoms with Gasteiger partial charge in [-0.05, 0) is 60.1 Å². The molecular formula is C16H19BrS. The van der Waals surface area contributed by atoms with E-state index in [9.17, 15) is 0 Å². The quantitative estimate of drug-likeness (QED) is 0.638. The van der Waals surface area contributed by atoms with E-state index in [1.54, 1.807) is 11.3 Å². The zero-order valence-electron chi connectivity index (χ0n) is 10.7. The van der Waals surface area contributed by atoms with Crippen molar-refractivity contribution in [2.45, 2.75) is 26.2 Å². The maximum atomic E-state index is 3.65. The Balaban J connectivity index is 1.87. The predicted octanol–water partition coefficient (Wildman–Crippen LogP) is 5.24. The number of aryl methyl sites for hydroxylation is 2. The van der Waals surface area contributed by atoms with Crippen LogP contribution in [-0.2, 0) is 12.8 Å². The van der Waals surface area contributed by atoms with Crippen molar-refractivity contribution in [2.24, 2.45) is 5.92 Å². The highest BCUT2D eigenvalue weighted by Gasteiger charge is 2.09. The number of benzene rings is 1. The molecule has 0 radical (unpaired) electrons. The molecule has 1 aromatic heterocycles. The topological polar surface area (TPSA) is 0 Å². The van der Waals surface area contributed by atoms with E-state index in [1.807, 2.05) is 0 Å². The van der Waals surface area contributed by atoms with Crippen molar-refractivity contribution in [3.63, 3.8) is 0 Å². The van der Waals surface area contributed by atoms with Crippen LogP contribution in [0.5, 0.6) is 0 Å². The molecular weight excluding hydrogens is 304 g/mol. The van der Waals surface area contributed by atoms with Gasteiger partial charge in [0.15, 0.2) is 0 Å². The summed E-state index contributed by atoms with van der Waals surface area (Å²) in [4.78, 5) is 0. The van der Waals surface area contributed by atoms with Crippen LogP contribution in [0.3, 0.4) is 0 Å². The van der Waals surface area contributed by atoms with Crippen LogP contribution in [0.4, 0.5) is 0 Å². The van der Waals surface area contributed by atoms with Crippen molar-refractivity contribution in [3.8, 4) is 0 Å². The summed E-state index contributed by atoms with van der Waals surface area (Å²) < 4.78 is 0. The monoisotopic (exact) mass is 322 g/mol. The molecule has 0 bridgehead atoms. The number of hydrogen-bond donors (Lipinski definition) is 0. The fourth-order valence-electron chi connectivity index (χ4n) is 2.10. The lowest BCUT2D eigenvalue weighted by Gasteiger charge is -2.13. The lowest BCUT2D eigenvalue weighted by Crippen LogP contribution is -2.07. The summed E-state index contributed by atoms with van der Waals surface area (Å²) in [6, 6.07) is 11.2. The van der Waals surface area contributed by atoms with E-state index >= 15 is 0 Å². The highest BCUT2D eigenvalue weighted by atomic mass is 79.9. The molecule has 0 N–H and O–H groups in total. The van der Waals surface area contributed by atoms with Crippen LogP contribution in [0.2, 0.25) is 0 Å². The van der Waals surface area contributed by atoms with Crippen LogP contribution in [0.15, 0.2) is 41.1 Å². The van der Waals surface area contributed by atoms with Gasteiger partial charge in [0.05, 0.1) is 0 Å². The highest BCUT2D eigenvalue weighted by molar-refractivity contribution is 9.09. The molecule has 2 heteroatoms. The van der Waals surface area contributed by atoms with Crippen LogP contribution >= 0.6 is 27.3 Å². The zero-order valence-corrected chi connectivity index (χ0v) is 13.1. The second kappa shape index (κ2) is 7.10. The average molecular weight is 323 g/mol. The van der Waals surface area contributed by atoms with Gasteiger partial charge in [-0.25, -0.2) is 0 Å². The SMILES string of the molecule is Cc1ccc(CC(CBr)CCc2ccsc2)cc1. The number of rotatable bonds is 6. The maximum Gasteiger partial charge on any atom is 0.00629 e. The van der Waals surface area contributed by atoms with E-state index < -0.39 is 0 Å². The lowest BCUT2D eigenvalue weighted by molar-refractivity contribution is 0.543. The Labute approximate surface area is 122 Å². The largest absolute Gasteiger partial charge is 0.152 e. The van der Waals surface area contributed by atoms with Crippen LogP contribution in [0.1, 0.15) is 23.1 Å². The third kappa shape index (κ3) is 4.25. The number of hydrogen-bond acceptors (Lipinski definition) is 1. The van der Waals surface area contributed by atoms with Crippen molar-refractivity contribution in [1.29, 1.82) is 0 Å². The molecule has 2 aromatic rings. The summed E-state index contributed by atoms with van der Waals surface area (Å²) in [5.74, 6) is 0.729. The second-order valence-corrected chi connectivity index (χ2v) is 6.31. The molecule has 1 unspecified atom stereocenters. The molecule has 0 spiro atoms. The summed E-state index contributed by atoms with van der Waals surface area (Å²) >= 11 is 5.45. The summed E-state index contributed by atoms with van der Waals surface area (Å²) in [6.45, 7) is 2.14. The molecule has 0 amide bonds. The predicted molar refractivity (Wildman–Crippen MR) is 84.8 cm³/mol. The van der Waals surface area contributed by atoms with Gasteiger partial charge in [-0.3, -0.25) is 0 Å². The van der Waals surface area contributed by atoms with Gasteiger partial charge in [-0.1, -0.05) is 45.8 Å². The highest BCUT2D eigenvalue weighted by Crippen LogP contribution is 2.19. The molecule has 0 saturated carbocycles. The van der Waals surface area contributed by atoms with Crippen LogP contribution in [0.25, 0.3) is 0 Å². The van der Waals surface area contributed by atoms with E-state index in [-0.39, 0.29) is 0 Å². The van der Waals surface area contributed by atoms with E-state index in [0.717, 1.165) is 11.2 Å². The van der Waals surface area contributed by atoms with Gasteiger partial charge >= 0.3 is 0 Å². The molecule has 1 heterocycles. The first kappa shape index (κ1) is 13.8. The minimum Gasteiger partial charge on any atom is -0.152 e. The van der Waals surface area contributed by atoms with Gasteiger partial charge in [0, 0.05) is 5.33 Å². The number of halogens is 1. The van der Waals surface area contributed by atoms with Crippen molar-refractivity contribution < 1.29 is 0 Å². The lowest BCUT2D eigenvalue weighted by atomic mass is 9.95. The maximum absolute atomic E-state index is 3.65. The standard InChI is InChI=1S/C16H19BrS/c1-13-2-4-14(5-3-13)10-16(11-17)7-6-15-8-9-18-12-15/h2-5,8-9,12,16H,6-7,10-11H2,1H3. The Morgan fingerprint density at radius 2 is 1.89 bits per heavy atom. The third-order valence-electron chi connectivity index (χ3n) is 3.28. The molecule has 0 aliphatic carbocycles. The Bertz CT molecular complexity index is 444. The summed E-state index contributed by atoms with van der Waals surface area (Å²) in [7, 11) is 0. The van der Waals surface area contributed by atoms with Crippen molar-refractivity contribution >= 4 is 27.3 Å². The van der Waals surface area contributed by atoms with Gasteiger partial charge in [0.1, 0.15) is 0 Å². The summed E-state index contributed by atoms with van der Waals surface area (Å²) in [5.41, 5.74) is 4.28. The van der Waals surface area contributed by atoms with Crippen molar-refractivity contribution in [3.05, 3.63) is 57.8 Å². The van der Waals surface area contributed by atoms with Gasteiger partial charge in [0.25, 0.3) is 0 Å². The Morgan fingerprint density at radius 3 is 2.50 bits per heavy atom. The normalized spacial score (nSPS) is 12.6. The van der Waals surface area contributed by atoms with E-state index in [2.05, 4.69) is 63.9 Å². The van der Waals surface area contributed by atoms with Crippen molar-refractivity contribution in [1.82, 2.24) is 0 Å². The Hall–Kier alpha value is -0.600. The minimum absolute atomic E-state index is 0.729. The zero-order chi connectivity index (χ0) is 12.8. The van der Waals surface area contributed by atoms with Gasteiger partial charge in [-0.2, -0.15) is 11.3 Å². The average Bonchev–Trinajstić information content (AvgIpc) is 2.90. The second-order valence-electron chi connectivity index (χ2n) is 4.88. The van der Waals surface area contributed by atoms with Gasteiger partial charge in [0.2, 0.25) is 0 Å². The van der Waals surface area contributed by atoms with E-state index in [4.69, 9.17) is 0 Å². The van der Waals surface area contributed by atoms with Crippen LogP contribution in [0, 0.1) is 12.8 Å². The Morgan fingerprint density at radius 1 is 1.11 bits per heavy atom. The first-order chi connectivity index (χ1) is 8.78. The molecule has 1 aromatic carbocycles. The number of alkyl halides is 1. The molecule has 0 saturated heterocycles. The molecule has 96 valence electrons. The van der Waals surface area contributed by atoms with Crippen LogP contribution in [-0.4, -0.2) is 5.33 Å².